The van der Waals surface area contributed by atoms with Crippen LogP contribution < -0.4 is 20.9 Å². The van der Waals surface area contributed by atoms with Crippen LogP contribution in [0.15, 0.2) is 24.3 Å². The van der Waals surface area contributed by atoms with Gasteiger partial charge in [-0.05, 0) is 57.7 Å². The maximum Gasteiger partial charge on any atom is 0.263 e. The van der Waals surface area contributed by atoms with Crippen molar-refractivity contribution in [1.29, 1.82) is 0 Å². The van der Waals surface area contributed by atoms with Crippen molar-refractivity contribution in [2.75, 3.05) is 13.1 Å². The predicted molar refractivity (Wildman–Crippen MR) is 92.5 cm³/mol. The highest BCUT2D eigenvalue weighted by Gasteiger charge is 2.30. The summed E-state index contributed by atoms with van der Waals surface area (Å²) >= 11 is 5.94. The van der Waals surface area contributed by atoms with Gasteiger partial charge < -0.3 is 10.1 Å². The van der Waals surface area contributed by atoms with Crippen molar-refractivity contribution in [3.8, 4) is 5.75 Å². The lowest BCUT2D eigenvalue weighted by Gasteiger charge is -2.25. The molecule has 1 fully saturated rings. The van der Waals surface area contributed by atoms with Gasteiger partial charge in [0.2, 0.25) is 0 Å². The third-order valence-corrected chi connectivity index (χ3v) is 4.39. The number of hydrogen-bond donors (Lipinski definition) is 3. The van der Waals surface area contributed by atoms with Crippen molar-refractivity contribution in [3.05, 3.63) is 29.3 Å². The summed E-state index contributed by atoms with van der Waals surface area (Å²) in [6, 6.07) is 7.56. The lowest BCUT2D eigenvalue weighted by molar-refractivity contribution is -0.134. The number of ether oxygens (including phenoxy) is 1. The van der Waals surface area contributed by atoms with E-state index in [-0.39, 0.29) is 5.91 Å². The number of benzene rings is 1. The summed E-state index contributed by atoms with van der Waals surface area (Å²) < 4.78 is 5.78. The highest BCUT2D eigenvalue weighted by atomic mass is 35.5. The monoisotopic (exact) mass is 339 g/mol. The molecule has 128 valence electrons. The van der Waals surface area contributed by atoms with Crippen molar-refractivity contribution in [1.82, 2.24) is 16.2 Å². The Labute approximate surface area is 143 Å². The molecule has 0 aliphatic carbocycles. The zero-order valence-corrected chi connectivity index (χ0v) is 14.7. The van der Waals surface area contributed by atoms with Crippen molar-refractivity contribution in [3.63, 3.8) is 0 Å². The van der Waals surface area contributed by atoms with Crippen LogP contribution in [0.5, 0.6) is 5.75 Å². The normalized spacial score (nSPS) is 21.2. The molecular formula is C17H26ClN3O2. The molecule has 0 radical (unpaired) electrons. The van der Waals surface area contributed by atoms with Gasteiger partial charge in [0.25, 0.3) is 5.91 Å². The van der Waals surface area contributed by atoms with E-state index >= 15 is 0 Å². The summed E-state index contributed by atoms with van der Waals surface area (Å²) in [5.41, 5.74) is 5.43. The molecule has 1 aromatic carbocycles. The zero-order chi connectivity index (χ0) is 16.9. The summed E-state index contributed by atoms with van der Waals surface area (Å²) in [6.45, 7) is 7.33. The van der Waals surface area contributed by atoms with E-state index in [1.807, 2.05) is 0 Å². The average molecular weight is 340 g/mol. The third-order valence-electron chi connectivity index (χ3n) is 4.15. The molecule has 2 unspecified atom stereocenters. The lowest BCUT2D eigenvalue weighted by Crippen LogP contribution is -2.46. The number of halogens is 1. The molecule has 1 aromatic rings. The number of nitrogens with one attached hydrogen (secondary N) is 3. The van der Waals surface area contributed by atoms with Crippen LogP contribution in [-0.2, 0) is 4.79 Å². The van der Waals surface area contributed by atoms with Gasteiger partial charge >= 0.3 is 0 Å². The van der Waals surface area contributed by atoms with Crippen LogP contribution >= 0.6 is 11.6 Å². The molecule has 0 aromatic heterocycles. The molecule has 0 saturated carbocycles. The summed E-state index contributed by atoms with van der Waals surface area (Å²) in [5.74, 6) is 1.09. The first-order chi connectivity index (χ1) is 10.9. The summed E-state index contributed by atoms with van der Waals surface area (Å²) in [7, 11) is 0. The van der Waals surface area contributed by atoms with Crippen LogP contribution in [0.3, 0.4) is 0 Å². The molecule has 1 aliphatic heterocycles. The second-order valence-electron chi connectivity index (χ2n) is 6.54. The van der Waals surface area contributed by atoms with Crippen LogP contribution in [0.4, 0.5) is 0 Å². The van der Waals surface area contributed by atoms with Gasteiger partial charge in [0, 0.05) is 24.2 Å². The minimum absolute atomic E-state index is 0.117. The van der Waals surface area contributed by atoms with E-state index in [1.54, 1.807) is 38.1 Å². The quantitative estimate of drug-likeness (QED) is 0.668. The maximum atomic E-state index is 12.3. The molecule has 23 heavy (non-hydrogen) atoms. The van der Waals surface area contributed by atoms with E-state index in [9.17, 15) is 4.79 Å². The van der Waals surface area contributed by atoms with Crippen LogP contribution in [-0.4, -0.2) is 30.6 Å². The van der Waals surface area contributed by atoms with E-state index in [2.05, 4.69) is 23.1 Å². The Hall–Kier alpha value is -1.30. The number of amides is 1. The molecular weight excluding hydrogens is 314 g/mol. The predicted octanol–water partition coefficient (Wildman–Crippen LogP) is 2.51. The van der Waals surface area contributed by atoms with Gasteiger partial charge in [-0.2, -0.15) is 0 Å². The highest BCUT2D eigenvalue weighted by Crippen LogP contribution is 2.22. The summed E-state index contributed by atoms with van der Waals surface area (Å²) in [4.78, 5) is 12.3. The molecule has 3 N–H and O–H groups in total. The third kappa shape index (κ3) is 5.37. The fourth-order valence-corrected chi connectivity index (χ4v) is 2.83. The standard InChI is InChI=1S/C17H26ClN3O2/c1-12-13(11-20-21-12)6-5-9-19-16(22)17(2,3)23-15-8-4-7-14(18)10-15/h4,7-8,10,12-13,20-21H,5-6,9,11H2,1-3H3,(H,19,22). The molecule has 1 heterocycles. The Kier molecular flexibility index (Phi) is 6.27. The van der Waals surface area contributed by atoms with Gasteiger partial charge in [-0.3, -0.25) is 15.6 Å². The molecule has 1 saturated heterocycles. The minimum atomic E-state index is -0.936. The second kappa shape index (κ2) is 7.99. The largest absolute Gasteiger partial charge is 0.478 e. The van der Waals surface area contributed by atoms with Crippen molar-refractivity contribution in [2.45, 2.75) is 45.3 Å². The molecule has 0 spiro atoms. The van der Waals surface area contributed by atoms with Gasteiger partial charge in [-0.25, -0.2) is 0 Å². The van der Waals surface area contributed by atoms with Gasteiger partial charge in [-0.1, -0.05) is 17.7 Å². The molecule has 2 atom stereocenters. The molecule has 1 aliphatic rings. The van der Waals surface area contributed by atoms with E-state index < -0.39 is 5.60 Å². The van der Waals surface area contributed by atoms with Crippen LogP contribution in [0.2, 0.25) is 5.02 Å². The Morgan fingerprint density at radius 1 is 1.48 bits per heavy atom. The Morgan fingerprint density at radius 3 is 2.91 bits per heavy atom. The average Bonchev–Trinajstić information content (AvgIpc) is 2.88. The highest BCUT2D eigenvalue weighted by molar-refractivity contribution is 6.30. The number of carbonyl (C=O) groups excluding carboxylic acids is 1. The minimum Gasteiger partial charge on any atom is -0.478 e. The first kappa shape index (κ1) is 18.0. The smallest absolute Gasteiger partial charge is 0.263 e. The first-order valence-electron chi connectivity index (χ1n) is 8.10. The van der Waals surface area contributed by atoms with E-state index in [0.717, 1.165) is 19.4 Å². The van der Waals surface area contributed by atoms with Crippen LogP contribution in [0.1, 0.15) is 33.6 Å². The number of rotatable bonds is 7. The Morgan fingerprint density at radius 2 is 2.26 bits per heavy atom. The molecule has 1 amide bonds. The van der Waals surface area contributed by atoms with E-state index in [1.165, 1.54) is 0 Å². The Bertz CT molecular complexity index is 536. The van der Waals surface area contributed by atoms with Crippen molar-refractivity contribution in [2.24, 2.45) is 5.92 Å². The number of hydrazine groups is 1. The van der Waals surface area contributed by atoms with Crippen LogP contribution in [0, 0.1) is 5.92 Å². The van der Waals surface area contributed by atoms with E-state index in [4.69, 9.17) is 16.3 Å². The first-order valence-corrected chi connectivity index (χ1v) is 8.47. The molecule has 2 rings (SSSR count). The van der Waals surface area contributed by atoms with Crippen molar-refractivity contribution >= 4 is 17.5 Å². The topological polar surface area (TPSA) is 62.4 Å². The molecule has 6 heteroatoms. The number of carbonyl (C=O) groups is 1. The van der Waals surface area contributed by atoms with Crippen LogP contribution in [0.25, 0.3) is 0 Å². The number of hydrogen-bond acceptors (Lipinski definition) is 4. The van der Waals surface area contributed by atoms with Gasteiger partial charge in [0.15, 0.2) is 5.60 Å². The zero-order valence-electron chi connectivity index (χ0n) is 14.0. The fourth-order valence-electron chi connectivity index (χ4n) is 2.65. The SMILES string of the molecule is CC1NNCC1CCCNC(=O)C(C)(C)Oc1cccc(Cl)c1. The fraction of sp³-hybridized carbons (Fsp3) is 0.588. The molecule has 0 bridgehead atoms. The molecule has 5 nitrogen and oxygen atoms in total. The summed E-state index contributed by atoms with van der Waals surface area (Å²) in [6.07, 6.45) is 2.04. The Balaban J connectivity index is 1.75. The van der Waals surface area contributed by atoms with Gasteiger partial charge in [0.05, 0.1) is 0 Å². The van der Waals surface area contributed by atoms with Gasteiger partial charge in [-0.15, -0.1) is 0 Å². The van der Waals surface area contributed by atoms with Gasteiger partial charge in [0.1, 0.15) is 5.75 Å². The van der Waals surface area contributed by atoms with E-state index in [0.29, 0.717) is 29.3 Å². The lowest BCUT2D eigenvalue weighted by atomic mass is 9.98. The summed E-state index contributed by atoms with van der Waals surface area (Å²) in [5, 5.41) is 3.55. The van der Waals surface area contributed by atoms with Crippen molar-refractivity contribution < 1.29 is 9.53 Å². The second-order valence-corrected chi connectivity index (χ2v) is 6.98. The maximum absolute atomic E-state index is 12.3.